The normalized spacial score (nSPS) is 9.75. The van der Waals surface area contributed by atoms with Gasteiger partial charge < -0.3 is 4.42 Å². The Hall–Kier alpha value is -2.73. The zero-order valence-electron chi connectivity index (χ0n) is 13.0. The highest BCUT2D eigenvalue weighted by Crippen LogP contribution is 2.33. The molecular formula is C18H15BrN2O3. The van der Waals surface area contributed by atoms with E-state index in [1.54, 1.807) is 18.2 Å². The summed E-state index contributed by atoms with van der Waals surface area (Å²) in [5, 5.41) is 10.7. The topological polar surface area (TPSA) is 69.2 Å². The number of hydrogen-bond acceptors (Lipinski definition) is 4. The van der Waals surface area contributed by atoms with Crippen LogP contribution < -0.4 is 0 Å². The summed E-state index contributed by atoms with van der Waals surface area (Å²) in [4.78, 5) is 14.5. The molecule has 0 aliphatic carbocycles. The van der Waals surface area contributed by atoms with Crippen LogP contribution in [0.5, 0.6) is 0 Å². The number of halogens is 1. The Morgan fingerprint density at radius 2 is 1.71 bits per heavy atom. The van der Waals surface area contributed by atoms with Crippen LogP contribution in [0.4, 0.5) is 5.69 Å². The summed E-state index contributed by atoms with van der Waals surface area (Å²) in [6.07, 6.45) is 1.75. The van der Waals surface area contributed by atoms with Crippen molar-refractivity contribution < 1.29 is 9.34 Å². The van der Waals surface area contributed by atoms with Gasteiger partial charge in [0.1, 0.15) is 0 Å². The Labute approximate surface area is 147 Å². The molecule has 0 amide bonds. The van der Waals surface area contributed by atoms with Gasteiger partial charge in [-0.1, -0.05) is 36.4 Å². The van der Waals surface area contributed by atoms with Crippen LogP contribution in [0.1, 0.15) is 6.92 Å². The molecule has 6 heteroatoms. The lowest BCUT2D eigenvalue weighted by Crippen LogP contribution is -1.87. The van der Waals surface area contributed by atoms with E-state index in [0.717, 1.165) is 5.56 Å². The summed E-state index contributed by atoms with van der Waals surface area (Å²) in [6.45, 7) is 5.25. The van der Waals surface area contributed by atoms with Crippen LogP contribution in [0.3, 0.4) is 0 Å². The van der Waals surface area contributed by atoms with E-state index in [2.05, 4.69) is 27.5 Å². The number of nitrogens with zero attached hydrogens (tertiary/aromatic N) is 2. The van der Waals surface area contributed by atoms with Crippen LogP contribution in [0.15, 0.2) is 76.3 Å². The summed E-state index contributed by atoms with van der Waals surface area (Å²) in [5.41, 5.74) is 1.63. The summed E-state index contributed by atoms with van der Waals surface area (Å²) < 4.78 is 6.36. The second-order valence-corrected chi connectivity index (χ2v) is 5.47. The Balaban J connectivity index is 0.000000647. The van der Waals surface area contributed by atoms with Crippen molar-refractivity contribution in [3.63, 3.8) is 0 Å². The van der Waals surface area contributed by atoms with Crippen LogP contribution in [-0.2, 0) is 0 Å². The Morgan fingerprint density at radius 3 is 2.25 bits per heavy atom. The van der Waals surface area contributed by atoms with Crippen molar-refractivity contribution in [1.82, 2.24) is 4.98 Å². The second kappa shape index (κ2) is 8.21. The van der Waals surface area contributed by atoms with Crippen molar-refractivity contribution in [3.05, 3.63) is 82.0 Å². The first kappa shape index (κ1) is 17.6. The molecule has 1 heterocycles. The van der Waals surface area contributed by atoms with Gasteiger partial charge in [0, 0.05) is 23.3 Å². The van der Waals surface area contributed by atoms with Gasteiger partial charge in [-0.05, 0) is 35.0 Å². The number of benzene rings is 2. The lowest BCUT2D eigenvalue weighted by Gasteiger charge is -1.96. The molecule has 0 bridgehead atoms. The number of rotatable bonds is 3. The monoisotopic (exact) mass is 386 g/mol. The standard InChI is InChI=1S/C15H9BrN2O3.C3H6/c16-14-13(10-4-2-1-3-5-10)21-15(17-14)11-6-8-12(9-7-11)18(19)20;1-3-2/h1-9H;3H,1H2,2H3. The predicted molar refractivity (Wildman–Crippen MR) is 97.6 cm³/mol. The minimum Gasteiger partial charge on any atom is -0.435 e. The number of allylic oxidation sites excluding steroid dienone is 1. The molecule has 0 N–H and O–H groups in total. The molecule has 0 saturated carbocycles. The number of hydrogen-bond donors (Lipinski definition) is 0. The Morgan fingerprint density at radius 1 is 1.12 bits per heavy atom. The van der Waals surface area contributed by atoms with Crippen LogP contribution in [0, 0.1) is 10.1 Å². The van der Waals surface area contributed by atoms with Gasteiger partial charge in [0.05, 0.1) is 4.92 Å². The maximum absolute atomic E-state index is 10.7. The van der Waals surface area contributed by atoms with Crippen molar-refractivity contribution >= 4 is 21.6 Å². The number of nitro benzene ring substituents is 1. The second-order valence-electron chi connectivity index (χ2n) is 4.72. The first-order valence-corrected chi connectivity index (χ1v) is 7.89. The molecule has 0 aliphatic rings. The van der Waals surface area contributed by atoms with Crippen LogP contribution in [0.25, 0.3) is 22.8 Å². The lowest BCUT2D eigenvalue weighted by atomic mass is 10.2. The average Bonchev–Trinajstić information content (AvgIpc) is 2.98. The molecule has 1 aromatic heterocycles. The molecule has 3 aromatic rings. The van der Waals surface area contributed by atoms with Gasteiger partial charge in [-0.15, -0.1) is 6.58 Å². The van der Waals surface area contributed by atoms with E-state index in [0.29, 0.717) is 21.8 Å². The van der Waals surface area contributed by atoms with Crippen LogP contribution in [0.2, 0.25) is 0 Å². The molecule has 0 atom stereocenters. The zero-order valence-corrected chi connectivity index (χ0v) is 14.6. The summed E-state index contributed by atoms with van der Waals surface area (Å²) in [5.74, 6) is 1.04. The SMILES string of the molecule is C=CC.O=[N+]([O-])c1ccc(-c2nc(Br)c(-c3ccccc3)o2)cc1. The Bertz CT molecular complexity index is 827. The maximum atomic E-state index is 10.7. The molecule has 2 aromatic carbocycles. The molecule has 0 unspecified atom stereocenters. The number of oxazole rings is 1. The van der Waals surface area contributed by atoms with Crippen molar-refractivity contribution in [2.45, 2.75) is 6.92 Å². The highest BCUT2D eigenvalue weighted by molar-refractivity contribution is 9.10. The summed E-state index contributed by atoms with van der Waals surface area (Å²) in [7, 11) is 0. The first-order chi connectivity index (χ1) is 11.6. The molecule has 5 nitrogen and oxygen atoms in total. The van der Waals surface area contributed by atoms with E-state index < -0.39 is 4.92 Å². The van der Waals surface area contributed by atoms with Gasteiger partial charge in [0.15, 0.2) is 10.4 Å². The number of nitro groups is 1. The molecule has 0 radical (unpaired) electrons. The molecular weight excluding hydrogens is 372 g/mol. The highest BCUT2D eigenvalue weighted by atomic mass is 79.9. The van der Waals surface area contributed by atoms with Gasteiger partial charge >= 0.3 is 0 Å². The van der Waals surface area contributed by atoms with Gasteiger partial charge in [0.25, 0.3) is 5.69 Å². The van der Waals surface area contributed by atoms with Crippen molar-refractivity contribution in [2.75, 3.05) is 0 Å². The fraction of sp³-hybridized carbons (Fsp3) is 0.0556. The third kappa shape index (κ3) is 4.17. The molecule has 24 heavy (non-hydrogen) atoms. The predicted octanol–water partition coefficient (Wildman–Crippen LogP) is 5.87. The van der Waals surface area contributed by atoms with Crippen LogP contribution >= 0.6 is 15.9 Å². The minimum absolute atomic E-state index is 0.0349. The van der Waals surface area contributed by atoms with E-state index in [-0.39, 0.29) is 5.69 Å². The van der Waals surface area contributed by atoms with Crippen molar-refractivity contribution in [1.29, 1.82) is 0 Å². The van der Waals surface area contributed by atoms with E-state index in [1.165, 1.54) is 12.1 Å². The van der Waals surface area contributed by atoms with E-state index in [1.807, 2.05) is 37.3 Å². The molecule has 0 aliphatic heterocycles. The molecule has 0 spiro atoms. The molecule has 122 valence electrons. The third-order valence-corrected chi connectivity index (χ3v) is 3.48. The zero-order chi connectivity index (χ0) is 17.5. The maximum Gasteiger partial charge on any atom is 0.269 e. The van der Waals surface area contributed by atoms with Gasteiger partial charge in [0.2, 0.25) is 5.89 Å². The van der Waals surface area contributed by atoms with Gasteiger partial charge in [-0.2, -0.15) is 0 Å². The van der Waals surface area contributed by atoms with Crippen molar-refractivity contribution in [2.24, 2.45) is 0 Å². The average molecular weight is 387 g/mol. The minimum atomic E-state index is -0.440. The quantitative estimate of drug-likeness (QED) is 0.320. The lowest BCUT2D eigenvalue weighted by molar-refractivity contribution is -0.384. The largest absolute Gasteiger partial charge is 0.435 e. The van der Waals surface area contributed by atoms with Gasteiger partial charge in [-0.25, -0.2) is 4.98 Å². The van der Waals surface area contributed by atoms with Crippen molar-refractivity contribution in [3.8, 4) is 22.8 Å². The Kier molecular flexibility index (Phi) is 6.03. The summed E-state index contributed by atoms with van der Waals surface area (Å²) >= 11 is 3.38. The highest BCUT2D eigenvalue weighted by Gasteiger charge is 2.15. The smallest absolute Gasteiger partial charge is 0.269 e. The number of aromatic nitrogens is 1. The summed E-state index contributed by atoms with van der Waals surface area (Å²) in [6, 6.07) is 15.7. The van der Waals surface area contributed by atoms with E-state index >= 15 is 0 Å². The first-order valence-electron chi connectivity index (χ1n) is 7.10. The number of non-ortho nitro benzene ring substituents is 1. The fourth-order valence-electron chi connectivity index (χ4n) is 1.92. The fourth-order valence-corrected chi connectivity index (χ4v) is 2.39. The van der Waals surface area contributed by atoms with Gasteiger partial charge in [-0.3, -0.25) is 10.1 Å². The van der Waals surface area contributed by atoms with E-state index in [9.17, 15) is 10.1 Å². The van der Waals surface area contributed by atoms with Crippen LogP contribution in [-0.4, -0.2) is 9.91 Å². The molecule has 0 fully saturated rings. The third-order valence-electron chi connectivity index (χ3n) is 2.95. The van der Waals surface area contributed by atoms with E-state index in [4.69, 9.17) is 4.42 Å². The molecule has 0 saturated heterocycles. The molecule has 3 rings (SSSR count).